The van der Waals surface area contributed by atoms with Crippen LogP contribution in [-0.2, 0) is 6.54 Å². The first-order valence-electron chi connectivity index (χ1n) is 13.6. The predicted octanol–water partition coefficient (Wildman–Crippen LogP) is 5.09. The quantitative estimate of drug-likeness (QED) is 0.260. The number of nitrogens with one attached hydrogen (secondary N) is 4. The van der Waals surface area contributed by atoms with Gasteiger partial charge in [-0.15, -0.1) is 0 Å². The lowest BCUT2D eigenvalue weighted by Crippen LogP contribution is -2.19. The van der Waals surface area contributed by atoms with E-state index in [1.807, 2.05) is 12.4 Å². The Bertz CT molecular complexity index is 1510. The highest BCUT2D eigenvalue weighted by molar-refractivity contribution is 5.98. The van der Waals surface area contributed by atoms with E-state index >= 15 is 0 Å². The SMILES string of the molecule is CCCNCc1ncc(-c2ccc3c(c2)OCC2=C3COc3cc(-c4cnc(C5CCCN5)[nH]4)ccc32)[nH]1. The molecule has 1 fully saturated rings. The smallest absolute Gasteiger partial charge is 0.128 e. The lowest BCUT2D eigenvalue weighted by molar-refractivity contribution is 0.337. The van der Waals surface area contributed by atoms with E-state index in [0.717, 1.165) is 89.3 Å². The molecule has 1 atom stereocenters. The molecular weight excluding hydrogens is 476 g/mol. The molecule has 4 aromatic rings. The van der Waals surface area contributed by atoms with E-state index in [-0.39, 0.29) is 0 Å². The lowest BCUT2D eigenvalue weighted by Gasteiger charge is -2.30. The molecule has 0 amide bonds. The number of benzene rings is 2. The topological polar surface area (TPSA) is 99.9 Å². The molecule has 8 heteroatoms. The van der Waals surface area contributed by atoms with Gasteiger partial charge in [0.2, 0.25) is 0 Å². The average molecular weight is 509 g/mol. The van der Waals surface area contributed by atoms with Crippen molar-refractivity contribution in [2.45, 2.75) is 38.8 Å². The Kier molecular flexibility index (Phi) is 5.98. The highest BCUT2D eigenvalue weighted by Gasteiger charge is 2.28. The molecule has 194 valence electrons. The number of H-pyrrole nitrogens is 2. The largest absolute Gasteiger partial charge is 0.488 e. The van der Waals surface area contributed by atoms with Crippen LogP contribution in [-0.4, -0.2) is 46.2 Å². The summed E-state index contributed by atoms with van der Waals surface area (Å²) >= 11 is 0. The van der Waals surface area contributed by atoms with Crippen LogP contribution in [0.2, 0.25) is 0 Å². The van der Waals surface area contributed by atoms with Crippen molar-refractivity contribution in [3.05, 3.63) is 71.6 Å². The third kappa shape index (κ3) is 4.19. The molecule has 0 saturated carbocycles. The summed E-state index contributed by atoms with van der Waals surface area (Å²) in [7, 11) is 0. The van der Waals surface area contributed by atoms with Crippen LogP contribution in [0.25, 0.3) is 33.7 Å². The zero-order chi connectivity index (χ0) is 25.5. The number of nitrogens with zero attached hydrogens (tertiary/aromatic N) is 2. The maximum absolute atomic E-state index is 6.30. The summed E-state index contributed by atoms with van der Waals surface area (Å²) in [6, 6.07) is 13.1. The van der Waals surface area contributed by atoms with Gasteiger partial charge in [0.15, 0.2) is 0 Å². The molecule has 0 aliphatic carbocycles. The fraction of sp³-hybridized carbons (Fsp3) is 0.333. The maximum atomic E-state index is 6.30. The molecule has 5 heterocycles. The van der Waals surface area contributed by atoms with Crippen molar-refractivity contribution in [1.29, 1.82) is 0 Å². The minimum absolute atomic E-state index is 0.323. The summed E-state index contributed by atoms with van der Waals surface area (Å²) in [5.74, 6) is 3.73. The van der Waals surface area contributed by atoms with Gasteiger partial charge in [0.1, 0.15) is 36.4 Å². The Balaban J connectivity index is 1.14. The van der Waals surface area contributed by atoms with Crippen molar-refractivity contribution in [2.24, 2.45) is 0 Å². The van der Waals surface area contributed by atoms with Gasteiger partial charge in [0, 0.05) is 33.4 Å². The van der Waals surface area contributed by atoms with Crippen LogP contribution in [0.1, 0.15) is 55.0 Å². The summed E-state index contributed by atoms with van der Waals surface area (Å²) in [6.07, 6.45) is 7.24. The van der Waals surface area contributed by atoms with Gasteiger partial charge in [0.05, 0.1) is 36.4 Å². The Hall–Kier alpha value is -3.88. The van der Waals surface area contributed by atoms with Gasteiger partial charge in [-0.3, -0.25) is 0 Å². The Morgan fingerprint density at radius 2 is 1.58 bits per heavy atom. The number of hydrogen-bond donors (Lipinski definition) is 4. The lowest BCUT2D eigenvalue weighted by atomic mass is 9.89. The van der Waals surface area contributed by atoms with Gasteiger partial charge in [-0.05, 0) is 44.5 Å². The van der Waals surface area contributed by atoms with E-state index in [4.69, 9.17) is 9.47 Å². The van der Waals surface area contributed by atoms with E-state index in [2.05, 4.69) is 73.9 Å². The molecular formula is C30H32N6O2. The third-order valence-corrected chi connectivity index (χ3v) is 7.68. The number of aromatic amines is 2. The molecule has 1 unspecified atom stereocenters. The molecule has 7 rings (SSSR count). The van der Waals surface area contributed by atoms with Crippen LogP contribution in [0.4, 0.5) is 0 Å². The van der Waals surface area contributed by atoms with Crippen LogP contribution in [0, 0.1) is 0 Å². The minimum atomic E-state index is 0.323. The van der Waals surface area contributed by atoms with Gasteiger partial charge in [0.25, 0.3) is 0 Å². The van der Waals surface area contributed by atoms with E-state index in [0.29, 0.717) is 19.3 Å². The molecule has 0 bridgehead atoms. The molecule has 0 spiro atoms. The second kappa shape index (κ2) is 9.78. The van der Waals surface area contributed by atoms with Crippen molar-refractivity contribution in [1.82, 2.24) is 30.6 Å². The number of aromatic nitrogens is 4. The summed E-state index contributed by atoms with van der Waals surface area (Å²) in [5.41, 5.74) is 8.74. The normalized spacial score (nSPS) is 18.0. The predicted molar refractivity (Wildman–Crippen MR) is 148 cm³/mol. The molecule has 3 aliphatic heterocycles. The van der Waals surface area contributed by atoms with E-state index in [9.17, 15) is 0 Å². The first kappa shape index (κ1) is 23.3. The first-order valence-corrected chi connectivity index (χ1v) is 13.6. The second-order valence-corrected chi connectivity index (χ2v) is 10.2. The summed E-state index contributed by atoms with van der Waals surface area (Å²) < 4.78 is 12.6. The third-order valence-electron chi connectivity index (χ3n) is 7.68. The maximum Gasteiger partial charge on any atom is 0.128 e. The van der Waals surface area contributed by atoms with Gasteiger partial charge in [-0.25, -0.2) is 9.97 Å². The van der Waals surface area contributed by atoms with Gasteiger partial charge in [-0.1, -0.05) is 31.2 Å². The minimum Gasteiger partial charge on any atom is -0.488 e. The van der Waals surface area contributed by atoms with Crippen LogP contribution in [0.15, 0.2) is 48.8 Å². The molecule has 0 radical (unpaired) electrons. The van der Waals surface area contributed by atoms with E-state index < -0.39 is 0 Å². The van der Waals surface area contributed by atoms with Crippen molar-refractivity contribution in [3.8, 4) is 34.0 Å². The van der Waals surface area contributed by atoms with Crippen LogP contribution in [0.5, 0.6) is 11.5 Å². The molecule has 3 aliphatic rings. The number of rotatable bonds is 7. The second-order valence-electron chi connectivity index (χ2n) is 10.2. The zero-order valence-electron chi connectivity index (χ0n) is 21.6. The Morgan fingerprint density at radius 3 is 2.24 bits per heavy atom. The number of ether oxygens (including phenoxy) is 2. The fourth-order valence-electron chi connectivity index (χ4n) is 5.63. The van der Waals surface area contributed by atoms with Gasteiger partial charge < -0.3 is 30.1 Å². The molecule has 38 heavy (non-hydrogen) atoms. The Labute approximate surface area is 221 Å². The number of imidazole rings is 2. The molecule has 1 saturated heterocycles. The number of fused-ring (bicyclic) bond motifs is 4. The van der Waals surface area contributed by atoms with Gasteiger partial charge >= 0.3 is 0 Å². The Morgan fingerprint density at radius 1 is 0.895 bits per heavy atom. The summed E-state index contributed by atoms with van der Waals surface area (Å²) in [4.78, 5) is 16.1. The first-order chi connectivity index (χ1) is 18.8. The van der Waals surface area contributed by atoms with Gasteiger partial charge in [-0.2, -0.15) is 0 Å². The fourth-order valence-corrected chi connectivity index (χ4v) is 5.63. The molecule has 4 N–H and O–H groups in total. The van der Waals surface area contributed by atoms with Crippen molar-refractivity contribution in [3.63, 3.8) is 0 Å². The van der Waals surface area contributed by atoms with Crippen molar-refractivity contribution >= 4 is 11.1 Å². The van der Waals surface area contributed by atoms with Crippen LogP contribution < -0.4 is 20.1 Å². The van der Waals surface area contributed by atoms with Crippen LogP contribution in [0.3, 0.4) is 0 Å². The molecule has 8 nitrogen and oxygen atoms in total. The highest BCUT2D eigenvalue weighted by atomic mass is 16.5. The summed E-state index contributed by atoms with van der Waals surface area (Å²) in [6.45, 7) is 5.99. The molecule has 2 aromatic carbocycles. The van der Waals surface area contributed by atoms with E-state index in [1.54, 1.807) is 0 Å². The monoisotopic (exact) mass is 508 g/mol. The average Bonchev–Trinajstić information content (AvgIpc) is 3.74. The summed E-state index contributed by atoms with van der Waals surface area (Å²) in [5, 5.41) is 6.89. The highest BCUT2D eigenvalue weighted by Crippen LogP contribution is 2.45. The van der Waals surface area contributed by atoms with E-state index in [1.165, 1.54) is 17.6 Å². The van der Waals surface area contributed by atoms with Crippen molar-refractivity contribution < 1.29 is 9.47 Å². The van der Waals surface area contributed by atoms with Crippen LogP contribution >= 0.6 is 0 Å². The number of hydrogen-bond acceptors (Lipinski definition) is 6. The zero-order valence-corrected chi connectivity index (χ0v) is 21.6. The molecule has 2 aromatic heterocycles. The standard InChI is InChI=1S/C30H32N6O2/c1-2-9-31-15-29-33-13-25(35-29)18-5-7-20-22-17-38-28-12-19(6-8-21(28)23(22)16-37-27(20)11-18)26-14-34-30(36-26)24-4-3-10-32-24/h5-8,11-14,24,31-32H,2-4,9-10,15-17H2,1H3,(H,33,35)(H,34,36). The van der Waals surface area contributed by atoms with Crippen molar-refractivity contribution in [2.75, 3.05) is 26.3 Å².